The van der Waals surface area contributed by atoms with Crippen molar-refractivity contribution >= 4 is 15.9 Å². The number of hydrogen-bond donors (Lipinski definition) is 1. The van der Waals surface area contributed by atoms with Crippen molar-refractivity contribution < 1.29 is 9.84 Å². The van der Waals surface area contributed by atoms with E-state index in [-0.39, 0.29) is 6.10 Å². The molecule has 0 radical (unpaired) electrons. The van der Waals surface area contributed by atoms with Crippen molar-refractivity contribution in [2.45, 2.75) is 32.0 Å². The second-order valence-electron chi connectivity index (χ2n) is 5.03. The highest BCUT2D eigenvalue weighted by atomic mass is 79.9. The minimum absolute atomic E-state index is 0.354. The number of aryl methyl sites for hydroxylation is 1. The molecule has 4 heteroatoms. The largest absolute Gasteiger partial charge is 0.487 e. The molecule has 0 saturated carbocycles. The minimum Gasteiger partial charge on any atom is -0.487 e. The molecule has 2 aromatic rings. The molecule has 0 saturated heterocycles. The highest BCUT2D eigenvalue weighted by Crippen LogP contribution is 2.32. The predicted molar refractivity (Wildman–Crippen MR) is 80.6 cm³/mol. The topological polar surface area (TPSA) is 42.4 Å². The standard InChI is InChI=1S/C16H16BrNO2/c17-12-5-6-13(18-9-12)10-20-14-7-4-11-2-1-3-16(19)15(11)8-14/h4-9,16,19H,1-3,10H2/t16-/m0/s1. The summed E-state index contributed by atoms with van der Waals surface area (Å²) in [4.78, 5) is 4.27. The molecule has 1 aliphatic rings. The second kappa shape index (κ2) is 5.94. The molecule has 1 aromatic heterocycles. The Morgan fingerprint density at radius 1 is 1.30 bits per heavy atom. The molecule has 3 rings (SSSR count). The van der Waals surface area contributed by atoms with Gasteiger partial charge in [-0.2, -0.15) is 0 Å². The van der Waals surface area contributed by atoms with Gasteiger partial charge in [0.15, 0.2) is 0 Å². The molecule has 0 unspecified atom stereocenters. The predicted octanol–water partition coefficient (Wildman–Crippen LogP) is 3.79. The molecule has 1 heterocycles. The summed E-state index contributed by atoms with van der Waals surface area (Å²) in [6, 6.07) is 9.86. The Labute approximate surface area is 126 Å². The molecular weight excluding hydrogens is 318 g/mol. The van der Waals surface area contributed by atoms with Gasteiger partial charge in [-0.05, 0) is 70.6 Å². The fraction of sp³-hybridized carbons (Fsp3) is 0.312. The van der Waals surface area contributed by atoms with E-state index in [2.05, 4.69) is 27.0 Å². The minimum atomic E-state index is -0.354. The zero-order chi connectivity index (χ0) is 13.9. The summed E-state index contributed by atoms with van der Waals surface area (Å²) in [6.07, 6.45) is 4.34. The number of nitrogens with zero attached hydrogens (tertiary/aromatic N) is 1. The molecule has 1 aromatic carbocycles. The highest BCUT2D eigenvalue weighted by molar-refractivity contribution is 9.10. The lowest BCUT2D eigenvalue weighted by molar-refractivity contribution is 0.156. The van der Waals surface area contributed by atoms with E-state index in [1.807, 2.05) is 24.3 Å². The Kier molecular flexibility index (Phi) is 4.03. The summed E-state index contributed by atoms with van der Waals surface area (Å²) in [5.74, 6) is 0.786. The third-order valence-electron chi connectivity index (χ3n) is 3.58. The van der Waals surface area contributed by atoms with Crippen LogP contribution in [0.15, 0.2) is 41.0 Å². The molecule has 1 atom stereocenters. The van der Waals surface area contributed by atoms with Crippen LogP contribution in [0, 0.1) is 0 Å². The van der Waals surface area contributed by atoms with E-state index in [1.54, 1.807) is 6.20 Å². The van der Waals surface area contributed by atoms with E-state index >= 15 is 0 Å². The maximum atomic E-state index is 10.0. The zero-order valence-corrected chi connectivity index (χ0v) is 12.6. The quantitative estimate of drug-likeness (QED) is 0.929. The summed E-state index contributed by atoms with van der Waals surface area (Å²) in [5.41, 5.74) is 3.13. The molecule has 104 valence electrons. The van der Waals surface area contributed by atoms with Crippen molar-refractivity contribution in [2.75, 3.05) is 0 Å². The Balaban J connectivity index is 1.72. The summed E-state index contributed by atoms with van der Waals surface area (Å²) in [5, 5.41) is 10.0. The molecule has 0 fully saturated rings. The monoisotopic (exact) mass is 333 g/mol. The van der Waals surface area contributed by atoms with E-state index in [9.17, 15) is 5.11 Å². The number of rotatable bonds is 3. The molecule has 0 spiro atoms. The summed E-state index contributed by atoms with van der Waals surface area (Å²) < 4.78 is 6.71. The number of hydrogen-bond acceptors (Lipinski definition) is 3. The molecule has 0 bridgehead atoms. The van der Waals surface area contributed by atoms with Crippen LogP contribution in [0.1, 0.15) is 35.8 Å². The molecule has 0 aliphatic heterocycles. The van der Waals surface area contributed by atoms with Crippen LogP contribution in [0.3, 0.4) is 0 Å². The van der Waals surface area contributed by atoms with Crippen LogP contribution in [0.5, 0.6) is 5.75 Å². The van der Waals surface area contributed by atoms with Crippen molar-refractivity contribution in [1.82, 2.24) is 4.98 Å². The van der Waals surface area contributed by atoms with Crippen molar-refractivity contribution in [3.63, 3.8) is 0 Å². The highest BCUT2D eigenvalue weighted by Gasteiger charge is 2.18. The first-order chi connectivity index (χ1) is 9.72. The van der Waals surface area contributed by atoms with Crippen LogP contribution in [0.25, 0.3) is 0 Å². The summed E-state index contributed by atoms with van der Waals surface area (Å²) in [6.45, 7) is 0.433. The lowest BCUT2D eigenvalue weighted by atomic mass is 9.89. The van der Waals surface area contributed by atoms with Crippen LogP contribution in [0.4, 0.5) is 0 Å². The number of ether oxygens (including phenoxy) is 1. The normalized spacial score (nSPS) is 17.6. The van der Waals surface area contributed by atoms with Gasteiger partial charge in [0.25, 0.3) is 0 Å². The Morgan fingerprint density at radius 3 is 3.00 bits per heavy atom. The second-order valence-corrected chi connectivity index (χ2v) is 5.94. The van der Waals surface area contributed by atoms with E-state index in [0.717, 1.165) is 40.7 Å². The average Bonchev–Trinajstić information content (AvgIpc) is 2.47. The van der Waals surface area contributed by atoms with Gasteiger partial charge in [-0.3, -0.25) is 4.98 Å². The Hall–Kier alpha value is -1.39. The zero-order valence-electron chi connectivity index (χ0n) is 11.1. The molecule has 0 amide bonds. The summed E-state index contributed by atoms with van der Waals surface area (Å²) >= 11 is 3.36. The van der Waals surface area contributed by atoms with Gasteiger partial charge in [0.05, 0.1) is 11.8 Å². The third-order valence-corrected chi connectivity index (χ3v) is 4.04. The van der Waals surface area contributed by atoms with Crippen molar-refractivity contribution in [3.05, 3.63) is 57.8 Å². The fourth-order valence-corrected chi connectivity index (χ4v) is 2.73. The van der Waals surface area contributed by atoms with Gasteiger partial charge in [0, 0.05) is 10.7 Å². The van der Waals surface area contributed by atoms with Gasteiger partial charge in [0.1, 0.15) is 12.4 Å². The van der Waals surface area contributed by atoms with Crippen LogP contribution in [0.2, 0.25) is 0 Å². The van der Waals surface area contributed by atoms with E-state index in [1.165, 1.54) is 5.56 Å². The molecule has 1 N–H and O–H groups in total. The number of benzene rings is 1. The van der Waals surface area contributed by atoms with Gasteiger partial charge in [-0.25, -0.2) is 0 Å². The molecule has 3 nitrogen and oxygen atoms in total. The first-order valence-electron chi connectivity index (χ1n) is 6.76. The maximum Gasteiger partial charge on any atom is 0.130 e. The lowest BCUT2D eigenvalue weighted by Crippen LogP contribution is -2.09. The SMILES string of the molecule is O[C@H]1CCCc2ccc(OCc3ccc(Br)cn3)cc21. The van der Waals surface area contributed by atoms with Crippen molar-refractivity contribution in [2.24, 2.45) is 0 Å². The molecule has 1 aliphatic carbocycles. The number of aliphatic hydroxyl groups is 1. The summed E-state index contributed by atoms with van der Waals surface area (Å²) in [7, 11) is 0. The van der Waals surface area contributed by atoms with Crippen LogP contribution in [-0.4, -0.2) is 10.1 Å². The van der Waals surface area contributed by atoms with E-state index < -0.39 is 0 Å². The van der Waals surface area contributed by atoms with E-state index in [0.29, 0.717) is 6.61 Å². The first-order valence-corrected chi connectivity index (χ1v) is 7.56. The first kappa shape index (κ1) is 13.6. The third kappa shape index (κ3) is 3.02. The van der Waals surface area contributed by atoms with Crippen LogP contribution < -0.4 is 4.74 Å². The van der Waals surface area contributed by atoms with Crippen molar-refractivity contribution in [3.8, 4) is 5.75 Å². The van der Waals surface area contributed by atoms with Gasteiger partial charge >= 0.3 is 0 Å². The fourth-order valence-electron chi connectivity index (χ4n) is 2.49. The Bertz CT molecular complexity index is 598. The van der Waals surface area contributed by atoms with Crippen molar-refractivity contribution in [1.29, 1.82) is 0 Å². The van der Waals surface area contributed by atoms with Gasteiger partial charge in [0.2, 0.25) is 0 Å². The number of aliphatic hydroxyl groups excluding tert-OH is 1. The smallest absolute Gasteiger partial charge is 0.130 e. The lowest BCUT2D eigenvalue weighted by Gasteiger charge is -2.21. The number of halogens is 1. The average molecular weight is 334 g/mol. The van der Waals surface area contributed by atoms with Gasteiger partial charge in [-0.15, -0.1) is 0 Å². The molecular formula is C16H16BrNO2. The van der Waals surface area contributed by atoms with Crippen LogP contribution >= 0.6 is 15.9 Å². The Morgan fingerprint density at radius 2 is 2.20 bits per heavy atom. The maximum absolute atomic E-state index is 10.0. The van der Waals surface area contributed by atoms with E-state index in [4.69, 9.17) is 4.74 Å². The number of pyridine rings is 1. The molecule has 20 heavy (non-hydrogen) atoms. The number of fused-ring (bicyclic) bond motifs is 1. The number of aromatic nitrogens is 1. The van der Waals surface area contributed by atoms with Gasteiger partial charge in [-0.1, -0.05) is 6.07 Å². The van der Waals surface area contributed by atoms with Crippen LogP contribution in [-0.2, 0) is 13.0 Å². The van der Waals surface area contributed by atoms with Gasteiger partial charge < -0.3 is 9.84 Å².